The molecule has 0 spiro atoms. The summed E-state index contributed by atoms with van der Waals surface area (Å²) in [6, 6.07) is -0.227. The van der Waals surface area contributed by atoms with Crippen molar-refractivity contribution in [3.63, 3.8) is 0 Å². The Morgan fingerprint density at radius 2 is 1.70 bits per heavy atom. The Labute approximate surface area is 162 Å². The minimum Gasteiger partial charge on any atom is -0.390 e. The van der Waals surface area contributed by atoms with Crippen LogP contribution in [0.25, 0.3) is 0 Å². The second-order valence-corrected chi connectivity index (χ2v) is 9.33. The Kier molecular flexibility index (Phi) is 6.04. The fourth-order valence-corrected chi connectivity index (χ4v) is 6.04. The third kappa shape index (κ3) is 4.03. The molecule has 4 aliphatic rings. The van der Waals surface area contributed by atoms with Gasteiger partial charge < -0.3 is 20.8 Å². The van der Waals surface area contributed by atoms with E-state index in [4.69, 9.17) is 5.73 Å². The van der Waals surface area contributed by atoms with Gasteiger partial charge in [0.25, 0.3) is 0 Å². The van der Waals surface area contributed by atoms with Crippen LogP contribution in [0.15, 0.2) is 0 Å². The molecule has 0 bridgehead atoms. The number of nitrogens with one attached hydrogen (secondary N) is 2. The van der Waals surface area contributed by atoms with E-state index in [0.29, 0.717) is 18.8 Å². The molecule has 0 aromatic heterocycles. The van der Waals surface area contributed by atoms with Crippen molar-refractivity contribution in [3.8, 4) is 0 Å². The van der Waals surface area contributed by atoms with E-state index in [1.165, 1.54) is 25.7 Å². The highest BCUT2D eigenvalue weighted by molar-refractivity contribution is 5.82. The number of nitrogens with two attached hydrogens (primary N) is 1. The highest BCUT2D eigenvalue weighted by atomic mass is 16.3. The number of hydrazine groups is 1. The normalized spacial score (nSPS) is 43.5. The number of amides is 1. The van der Waals surface area contributed by atoms with E-state index in [0.717, 1.165) is 44.3 Å². The van der Waals surface area contributed by atoms with Gasteiger partial charge in [-0.2, -0.15) is 0 Å². The summed E-state index contributed by atoms with van der Waals surface area (Å²) in [5.41, 5.74) is 12.2. The second-order valence-electron chi connectivity index (χ2n) is 9.33. The smallest absolute Gasteiger partial charge is 0.241 e. The third-order valence-corrected chi connectivity index (χ3v) is 7.76. The van der Waals surface area contributed by atoms with Crippen LogP contribution in [-0.4, -0.2) is 64.9 Å². The molecule has 0 aromatic rings. The first kappa shape index (κ1) is 19.6. The summed E-state index contributed by atoms with van der Waals surface area (Å²) in [5, 5.41) is 19.9. The Morgan fingerprint density at radius 3 is 2.44 bits per heavy atom. The van der Waals surface area contributed by atoms with Crippen LogP contribution in [-0.2, 0) is 4.79 Å². The van der Waals surface area contributed by atoms with Crippen molar-refractivity contribution in [2.45, 2.75) is 75.7 Å². The van der Waals surface area contributed by atoms with Gasteiger partial charge in [0, 0.05) is 25.0 Å². The first-order valence-corrected chi connectivity index (χ1v) is 10.9. The molecule has 7 unspecified atom stereocenters. The molecular formula is C20H36N4O3. The summed E-state index contributed by atoms with van der Waals surface area (Å²) in [7, 11) is 0. The molecule has 4 rings (SSSR count). The molecule has 7 nitrogen and oxygen atoms in total. The number of hydrogen-bond acceptors (Lipinski definition) is 6. The van der Waals surface area contributed by atoms with Gasteiger partial charge in [0.05, 0.1) is 12.2 Å². The number of fused-ring (bicyclic) bond motifs is 1. The predicted octanol–water partition coefficient (Wildman–Crippen LogP) is -0.0331. The summed E-state index contributed by atoms with van der Waals surface area (Å²) >= 11 is 0. The summed E-state index contributed by atoms with van der Waals surface area (Å²) < 4.78 is 0. The SMILES string of the molecule is NCC1CCCC(C2CCN(C(=O)C3NNC4CC(O)C(O)CC43)CC2)C1. The maximum absolute atomic E-state index is 13.1. The third-order valence-electron chi connectivity index (χ3n) is 7.76. The first-order valence-electron chi connectivity index (χ1n) is 10.9. The van der Waals surface area contributed by atoms with E-state index in [-0.39, 0.29) is 23.9 Å². The largest absolute Gasteiger partial charge is 0.390 e. The molecule has 2 saturated carbocycles. The zero-order valence-corrected chi connectivity index (χ0v) is 16.2. The van der Waals surface area contributed by atoms with Crippen LogP contribution in [0.1, 0.15) is 51.4 Å². The van der Waals surface area contributed by atoms with Crippen molar-refractivity contribution < 1.29 is 15.0 Å². The van der Waals surface area contributed by atoms with Crippen molar-refractivity contribution in [1.82, 2.24) is 15.8 Å². The van der Waals surface area contributed by atoms with Crippen LogP contribution < -0.4 is 16.6 Å². The molecule has 7 heteroatoms. The lowest BCUT2D eigenvalue weighted by Gasteiger charge is -2.41. The Bertz CT molecular complexity index is 525. The van der Waals surface area contributed by atoms with Crippen LogP contribution in [0.3, 0.4) is 0 Å². The molecule has 154 valence electrons. The molecule has 2 saturated heterocycles. The standard InChI is InChI=1S/C20H36N4O3/c21-11-12-2-1-3-14(8-12)13-4-6-24(7-5-13)20(27)19-15-9-17(25)18(26)10-16(15)22-23-19/h12-19,22-23,25-26H,1-11,21H2. The fraction of sp³-hybridized carbons (Fsp3) is 0.950. The van der Waals surface area contributed by atoms with E-state index in [1.807, 2.05) is 4.90 Å². The lowest BCUT2D eigenvalue weighted by molar-refractivity contribution is -0.137. The number of carbonyl (C=O) groups is 1. The molecule has 0 aromatic carbocycles. The van der Waals surface area contributed by atoms with E-state index >= 15 is 0 Å². The number of carbonyl (C=O) groups excluding carboxylic acids is 1. The number of piperidine rings is 1. The summed E-state index contributed by atoms with van der Waals surface area (Å²) in [6.07, 6.45) is 6.94. The number of aliphatic hydroxyl groups is 2. The van der Waals surface area contributed by atoms with Gasteiger partial charge in [-0.15, -0.1) is 0 Å². The van der Waals surface area contributed by atoms with Crippen LogP contribution >= 0.6 is 0 Å². The average Bonchev–Trinajstić information content (AvgIpc) is 3.10. The van der Waals surface area contributed by atoms with Crippen LogP contribution in [0.4, 0.5) is 0 Å². The monoisotopic (exact) mass is 380 g/mol. The minimum absolute atomic E-state index is 0.0530. The number of likely N-dealkylation sites (tertiary alicyclic amines) is 1. The molecule has 2 heterocycles. The van der Waals surface area contributed by atoms with Gasteiger partial charge in [-0.25, -0.2) is 5.43 Å². The lowest BCUT2D eigenvalue weighted by Crippen LogP contribution is -2.52. The minimum atomic E-state index is -0.726. The number of aliphatic hydroxyl groups excluding tert-OH is 2. The molecular weight excluding hydrogens is 344 g/mol. The van der Waals surface area contributed by atoms with Gasteiger partial charge in [-0.05, 0) is 62.8 Å². The zero-order valence-electron chi connectivity index (χ0n) is 16.2. The summed E-state index contributed by atoms with van der Waals surface area (Å²) in [4.78, 5) is 15.1. The first-order chi connectivity index (χ1) is 13.1. The van der Waals surface area contributed by atoms with E-state index < -0.39 is 12.2 Å². The number of hydrogen-bond donors (Lipinski definition) is 5. The van der Waals surface area contributed by atoms with Gasteiger partial charge in [0.15, 0.2) is 0 Å². The number of rotatable bonds is 3. The van der Waals surface area contributed by atoms with Gasteiger partial charge in [-0.3, -0.25) is 10.2 Å². The average molecular weight is 381 g/mol. The molecule has 7 atom stereocenters. The fourth-order valence-electron chi connectivity index (χ4n) is 6.04. The molecule has 2 aliphatic carbocycles. The van der Waals surface area contributed by atoms with Crippen molar-refractivity contribution in [2.24, 2.45) is 29.4 Å². The van der Waals surface area contributed by atoms with Crippen molar-refractivity contribution in [2.75, 3.05) is 19.6 Å². The zero-order chi connectivity index (χ0) is 19.0. The van der Waals surface area contributed by atoms with Crippen LogP contribution in [0.5, 0.6) is 0 Å². The highest BCUT2D eigenvalue weighted by Gasteiger charge is 2.47. The number of nitrogens with zero attached hydrogens (tertiary/aromatic N) is 1. The van der Waals surface area contributed by atoms with Gasteiger partial charge in [0.2, 0.25) is 5.91 Å². The van der Waals surface area contributed by atoms with Gasteiger partial charge in [0.1, 0.15) is 6.04 Å². The van der Waals surface area contributed by atoms with E-state index in [2.05, 4.69) is 10.9 Å². The van der Waals surface area contributed by atoms with Gasteiger partial charge in [-0.1, -0.05) is 12.8 Å². The van der Waals surface area contributed by atoms with Crippen LogP contribution in [0.2, 0.25) is 0 Å². The highest BCUT2D eigenvalue weighted by Crippen LogP contribution is 2.38. The Hall–Kier alpha value is -0.730. The predicted molar refractivity (Wildman–Crippen MR) is 102 cm³/mol. The molecule has 6 N–H and O–H groups in total. The quantitative estimate of drug-likeness (QED) is 0.470. The molecule has 4 fully saturated rings. The van der Waals surface area contributed by atoms with Crippen molar-refractivity contribution in [1.29, 1.82) is 0 Å². The van der Waals surface area contributed by atoms with Crippen molar-refractivity contribution >= 4 is 5.91 Å². The lowest BCUT2D eigenvalue weighted by atomic mass is 9.72. The second kappa shape index (κ2) is 8.33. The maximum atomic E-state index is 13.1. The van der Waals surface area contributed by atoms with E-state index in [1.54, 1.807) is 0 Å². The molecule has 27 heavy (non-hydrogen) atoms. The summed E-state index contributed by atoms with van der Waals surface area (Å²) in [5.74, 6) is 2.42. The van der Waals surface area contributed by atoms with Crippen LogP contribution in [0, 0.1) is 23.7 Å². The summed E-state index contributed by atoms with van der Waals surface area (Å²) in [6.45, 7) is 2.50. The topological polar surface area (TPSA) is 111 Å². The Balaban J connectivity index is 1.30. The Morgan fingerprint density at radius 1 is 0.963 bits per heavy atom. The maximum Gasteiger partial charge on any atom is 0.241 e. The van der Waals surface area contributed by atoms with Crippen molar-refractivity contribution in [3.05, 3.63) is 0 Å². The van der Waals surface area contributed by atoms with E-state index in [9.17, 15) is 15.0 Å². The molecule has 1 amide bonds. The molecule has 0 radical (unpaired) electrons. The van der Waals surface area contributed by atoms with Gasteiger partial charge >= 0.3 is 0 Å². The molecule has 2 aliphatic heterocycles.